The number of rotatable bonds is 6. The monoisotopic (exact) mass is 201 g/mol. The summed E-state index contributed by atoms with van der Waals surface area (Å²) in [5.74, 6) is 0. The van der Waals surface area contributed by atoms with Crippen molar-refractivity contribution < 1.29 is 9.47 Å². The quantitative estimate of drug-likeness (QED) is 0.707. The Bertz CT molecular complexity index is 135. The van der Waals surface area contributed by atoms with E-state index in [4.69, 9.17) is 9.47 Å². The van der Waals surface area contributed by atoms with E-state index in [1.54, 1.807) is 0 Å². The van der Waals surface area contributed by atoms with Crippen molar-refractivity contribution in [2.45, 2.75) is 45.3 Å². The van der Waals surface area contributed by atoms with E-state index < -0.39 is 0 Å². The second kappa shape index (κ2) is 7.21. The van der Waals surface area contributed by atoms with Gasteiger partial charge in [0.05, 0.1) is 6.10 Å². The molecule has 1 heterocycles. The van der Waals surface area contributed by atoms with Crippen LogP contribution in [-0.2, 0) is 9.47 Å². The van der Waals surface area contributed by atoms with Gasteiger partial charge >= 0.3 is 0 Å². The highest BCUT2D eigenvalue weighted by atomic mass is 16.5. The summed E-state index contributed by atoms with van der Waals surface area (Å²) in [4.78, 5) is 0. The van der Waals surface area contributed by atoms with Crippen LogP contribution in [0.25, 0.3) is 0 Å². The van der Waals surface area contributed by atoms with E-state index >= 15 is 0 Å². The van der Waals surface area contributed by atoms with E-state index in [0.717, 1.165) is 45.6 Å². The molecule has 84 valence electrons. The fourth-order valence-electron chi connectivity index (χ4n) is 1.70. The Morgan fingerprint density at radius 3 is 2.79 bits per heavy atom. The average Bonchev–Trinajstić information content (AvgIpc) is 2.20. The lowest BCUT2D eigenvalue weighted by Crippen LogP contribution is -2.29. The SMILES string of the molecule is CCNC(C)CCOC1CCOCC1. The smallest absolute Gasteiger partial charge is 0.0619 e. The Labute approximate surface area is 87.2 Å². The van der Waals surface area contributed by atoms with Gasteiger partial charge in [-0.2, -0.15) is 0 Å². The zero-order valence-corrected chi connectivity index (χ0v) is 9.42. The highest BCUT2D eigenvalue weighted by Crippen LogP contribution is 2.10. The zero-order chi connectivity index (χ0) is 10.2. The van der Waals surface area contributed by atoms with Crippen LogP contribution in [0.4, 0.5) is 0 Å². The maximum Gasteiger partial charge on any atom is 0.0619 e. The van der Waals surface area contributed by atoms with E-state index in [1.807, 2.05) is 0 Å². The molecule has 0 aromatic heterocycles. The van der Waals surface area contributed by atoms with Crippen molar-refractivity contribution in [2.24, 2.45) is 0 Å². The normalized spacial score (nSPS) is 21.0. The van der Waals surface area contributed by atoms with Gasteiger partial charge in [0.25, 0.3) is 0 Å². The predicted molar refractivity (Wildman–Crippen MR) is 57.5 cm³/mol. The molecular formula is C11H23NO2. The lowest BCUT2D eigenvalue weighted by Gasteiger charge is -2.23. The molecule has 1 N–H and O–H groups in total. The van der Waals surface area contributed by atoms with Gasteiger partial charge in [-0.15, -0.1) is 0 Å². The third-order valence-corrected chi connectivity index (χ3v) is 2.63. The van der Waals surface area contributed by atoms with Gasteiger partial charge in [0.2, 0.25) is 0 Å². The highest BCUT2D eigenvalue weighted by molar-refractivity contribution is 4.64. The van der Waals surface area contributed by atoms with Gasteiger partial charge < -0.3 is 14.8 Å². The van der Waals surface area contributed by atoms with Crippen LogP contribution >= 0.6 is 0 Å². The number of ether oxygens (including phenoxy) is 2. The first-order valence-corrected chi connectivity index (χ1v) is 5.75. The van der Waals surface area contributed by atoms with Gasteiger partial charge in [0.1, 0.15) is 0 Å². The van der Waals surface area contributed by atoms with Crippen LogP contribution in [0.2, 0.25) is 0 Å². The van der Waals surface area contributed by atoms with Crippen molar-refractivity contribution >= 4 is 0 Å². The van der Waals surface area contributed by atoms with Gasteiger partial charge in [0.15, 0.2) is 0 Å². The first-order chi connectivity index (χ1) is 6.83. The van der Waals surface area contributed by atoms with Crippen LogP contribution in [0, 0.1) is 0 Å². The van der Waals surface area contributed by atoms with Crippen LogP contribution in [-0.4, -0.2) is 38.5 Å². The summed E-state index contributed by atoms with van der Waals surface area (Å²) >= 11 is 0. The molecule has 3 nitrogen and oxygen atoms in total. The van der Waals surface area contributed by atoms with Gasteiger partial charge in [-0.05, 0) is 32.7 Å². The molecule has 1 aliphatic rings. The van der Waals surface area contributed by atoms with Gasteiger partial charge in [-0.3, -0.25) is 0 Å². The predicted octanol–water partition coefficient (Wildman–Crippen LogP) is 1.57. The van der Waals surface area contributed by atoms with Crippen LogP contribution in [0.15, 0.2) is 0 Å². The van der Waals surface area contributed by atoms with Gasteiger partial charge in [-0.25, -0.2) is 0 Å². The van der Waals surface area contributed by atoms with E-state index in [1.165, 1.54) is 0 Å². The van der Waals surface area contributed by atoms with E-state index in [0.29, 0.717) is 12.1 Å². The largest absolute Gasteiger partial charge is 0.381 e. The molecule has 1 aliphatic heterocycles. The molecule has 1 rings (SSSR count). The summed E-state index contributed by atoms with van der Waals surface area (Å²) in [6.07, 6.45) is 3.67. The molecule has 1 fully saturated rings. The van der Waals surface area contributed by atoms with Crippen molar-refractivity contribution in [2.75, 3.05) is 26.4 Å². The molecule has 1 saturated heterocycles. The topological polar surface area (TPSA) is 30.5 Å². The Morgan fingerprint density at radius 1 is 1.43 bits per heavy atom. The second-order valence-corrected chi connectivity index (χ2v) is 3.93. The first kappa shape index (κ1) is 12.0. The molecular weight excluding hydrogens is 178 g/mol. The fourth-order valence-corrected chi connectivity index (χ4v) is 1.70. The molecule has 0 amide bonds. The van der Waals surface area contributed by atoms with Gasteiger partial charge in [-0.1, -0.05) is 6.92 Å². The summed E-state index contributed by atoms with van der Waals surface area (Å²) in [6, 6.07) is 0.569. The van der Waals surface area contributed by atoms with E-state index in [9.17, 15) is 0 Å². The summed E-state index contributed by atoms with van der Waals surface area (Å²) in [5.41, 5.74) is 0. The van der Waals surface area contributed by atoms with E-state index in [2.05, 4.69) is 19.2 Å². The Hall–Kier alpha value is -0.120. The Kier molecular flexibility index (Phi) is 6.15. The summed E-state index contributed by atoms with van der Waals surface area (Å²) in [6.45, 7) is 7.99. The summed E-state index contributed by atoms with van der Waals surface area (Å²) in [5, 5.41) is 3.38. The molecule has 1 atom stereocenters. The van der Waals surface area contributed by atoms with Crippen molar-refractivity contribution in [3.63, 3.8) is 0 Å². The van der Waals surface area contributed by atoms with Crippen LogP contribution < -0.4 is 5.32 Å². The lowest BCUT2D eigenvalue weighted by atomic mass is 10.1. The number of nitrogens with one attached hydrogen (secondary N) is 1. The maximum absolute atomic E-state index is 5.78. The molecule has 1 unspecified atom stereocenters. The molecule has 3 heteroatoms. The van der Waals surface area contributed by atoms with Crippen molar-refractivity contribution in [1.82, 2.24) is 5.32 Å². The van der Waals surface area contributed by atoms with Crippen LogP contribution in [0.5, 0.6) is 0 Å². The van der Waals surface area contributed by atoms with E-state index in [-0.39, 0.29) is 0 Å². The van der Waals surface area contributed by atoms with Crippen molar-refractivity contribution in [1.29, 1.82) is 0 Å². The van der Waals surface area contributed by atoms with Crippen molar-refractivity contribution in [3.05, 3.63) is 0 Å². The molecule has 0 aromatic rings. The molecule has 0 aliphatic carbocycles. The molecule has 0 bridgehead atoms. The second-order valence-electron chi connectivity index (χ2n) is 3.93. The average molecular weight is 201 g/mol. The standard InChI is InChI=1S/C11H23NO2/c1-3-12-10(2)4-9-14-11-5-7-13-8-6-11/h10-12H,3-9H2,1-2H3. The third-order valence-electron chi connectivity index (χ3n) is 2.63. The molecule has 0 aromatic carbocycles. The van der Waals surface area contributed by atoms with Crippen LogP contribution in [0.3, 0.4) is 0 Å². The summed E-state index contributed by atoms with van der Waals surface area (Å²) < 4.78 is 11.1. The maximum atomic E-state index is 5.78. The van der Waals surface area contributed by atoms with Gasteiger partial charge in [0, 0.05) is 25.9 Å². The van der Waals surface area contributed by atoms with Crippen molar-refractivity contribution in [3.8, 4) is 0 Å². The minimum atomic E-state index is 0.442. The minimum absolute atomic E-state index is 0.442. The number of hydrogen-bond donors (Lipinski definition) is 1. The fraction of sp³-hybridized carbons (Fsp3) is 1.00. The summed E-state index contributed by atoms with van der Waals surface area (Å²) in [7, 11) is 0. The molecule has 0 radical (unpaired) electrons. The highest BCUT2D eigenvalue weighted by Gasteiger charge is 2.13. The first-order valence-electron chi connectivity index (χ1n) is 5.75. The minimum Gasteiger partial charge on any atom is -0.381 e. The van der Waals surface area contributed by atoms with Crippen LogP contribution in [0.1, 0.15) is 33.1 Å². The number of hydrogen-bond acceptors (Lipinski definition) is 3. The third kappa shape index (κ3) is 4.94. The molecule has 0 saturated carbocycles. The Balaban J connectivity index is 1.96. The molecule has 0 spiro atoms. The molecule has 14 heavy (non-hydrogen) atoms. The zero-order valence-electron chi connectivity index (χ0n) is 9.42. The lowest BCUT2D eigenvalue weighted by molar-refractivity contribution is -0.0336. The Morgan fingerprint density at radius 2 is 2.14 bits per heavy atom.